The molecular formula is C17H22Cl2IN5OS. The number of amides is 1. The summed E-state index contributed by atoms with van der Waals surface area (Å²) >= 11 is 13.4. The van der Waals surface area contributed by atoms with Gasteiger partial charge in [0.25, 0.3) is 5.91 Å². The topological polar surface area (TPSA) is 78.4 Å². The van der Waals surface area contributed by atoms with Crippen LogP contribution in [0.25, 0.3) is 0 Å². The smallest absolute Gasteiger partial charge is 0.251 e. The van der Waals surface area contributed by atoms with E-state index in [1.165, 1.54) is 4.88 Å². The van der Waals surface area contributed by atoms with Crippen LogP contribution >= 0.6 is 58.5 Å². The van der Waals surface area contributed by atoms with Crippen molar-refractivity contribution in [2.24, 2.45) is 4.99 Å². The quantitative estimate of drug-likeness (QED) is 0.225. The van der Waals surface area contributed by atoms with Gasteiger partial charge in [-0.1, -0.05) is 23.2 Å². The second kappa shape index (κ2) is 11.7. The van der Waals surface area contributed by atoms with E-state index in [0.29, 0.717) is 41.2 Å². The van der Waals surface area contributed by atoms with Gasteiger partial charge in [0.1, 0.15) is 5.01 Å². The predicted molar refractivity (Wildman–Crippen MR) is 124 cm³/mol. The first kappa shape index (κ1) is 23.9. The molecule has 0 atom stereocenters. The number of carbonyl (C=O) groups excluding carboxylic acids is 1. The van der Waals surface area contributed by atoms with E-state index < -0.39 is 0 Å². The fraction of sp³-hybridized carbons (Fsp3) is 0.353. The van der Waals surface area contributed by atoms with Crippen molar-refractivity contribution >= 4 is 70.4 Å². The Hall–Kier alpha value is -1.10. The molecule has 0 saturated carbocycles. The molecular weight excluding hydrogens is 520 g/mol. The summed E-state index contributed by atoms with van der Waals surface area (Å²) < 4.78 is 0. The second-order valence-electron chi connectivity index (χ2n) is 5.49. The second-order valence-corrected chi connectivity index (χ2v) is 7.59. The molecule has 1 aromatic carbocycles. The molecule has 0 aliphatic carbocycles. The zero-order valence-corrected chi connectivity index (χ0v) is 19.9. The number of nitrogens with zero attached hydrogens (tertiary/aromatic N) is 2. The highest BCUT2D eigenvalue weighted by Gasteiger charge is 2.08. The van der Waals surface area contributed by atoms with Crippen LogP contribution in [-0.4, -0.2) is 37.0 Å². The third-order valence-electron chi connectivity index (χ3n) is 3.59. The normalized spacial score (nSPS) is 10.9. The Bertz CT molecular complexity index is 793. The minimum absolute atomic E-state index is 0. The molecule has 0 radical (unpaired) electrons. The average Bonchev–Trinajstić information content (AvgIpc) is 2.94. The van der Waals surface area contributed by atoms with E-state index in [4.69, 9.17) is 23.2 Å². The van der Waals surface area contributed by atoms with E-state index in [2.05, 4.69) is 32.9 Å². The first-order valence-corrected chi connectivity index (χ1v) is 9.58. The van der Waals surface area contributed by atoms with Crippen LogP contribution in [0.5, 0.6) is 0 Å². The summed E-state index contributed by atoms with van der Waals surface area (Å²) in [7, 11) is 1.70. The lowest BCUT2D eigenvalue weighted by Gasteiger charge is -2.11. The average molecular weight is 542 g/mol. The number of hydrogen-bond acceptors (Lipinski definition) is 4. The first-order valence-electron chi connectivity index (χ1n) is 8.01. The van der Waals surface area contributed by atoms with Crippen molar-refractivity contribution in [1.82, 2.24) is 20.9 Å². The van der Waals surface area contributed by atoms with E-state index >= 15 is 0 Å². The van der Waals surface area contributed by atoms with Gasteiger partial charge >= 0.3 is 0 Å². The van der Waals surface area contributed by atoms with Gasteiger partial charge < -0.3 is 16.0 Å². The van der Waals surface area contributed by atoms with E-state index in [1.54, 1.807) is 36.6 Å². The number of thiazole rings is 1. The number of aryl methyl sites for hydroxylation is 2. The molecule has 6 nitrogen and oxygen atoms in total. The minimum atomic E-state index is -0.206. The predicted octanol–water partition coefficient (Wildman–Crippen LogP) is 3.78. The number of aromatic nitrogens is 1. The van der Waals surface area contributed by atoms with Gasteiger partial charge in [-0.2, -0.15) is 0 Å². The molecule has 10 heteroatoms. The first-order chi connectivity index (χ1) is 12.4. The van der Waals surface area contributed by atoms with Crippen LogP contribution in [0.2, 0.25) is 10.0 Å². The largest absolute Gasteiger partial charge is 0.355 e. The van der Waals surface area contributed by atoms with Crippen LogP contribution in [0.1, 0.15) is 25.9 Å². The summed E-state index contributed by atoms with van der Waals surface area (Å²) in [6.07, 6.45) is 0. The monoisotopic (exact) mass is 541 g/mol. The van der Waals surface area contributed by atoms with Crippen LogP contribution < -0.4 is 16.0 Å². The van der Waals surface area contributed by atoms with Crippen molar-refractivity contribution in [2.45, 2.75) is 20.4 Å². The van der Waals surface area contributed by atoms with Crippen molar-refractivity contribution in [2.75, 3.05) is 20.1 Å². The molecule has 0 aliphatic rings. The third kappa shape index (κ3) is 7.44. The Morgan fingerprint density at radius 2 is 1.85 bits per heavy atom. The van der Waals surface area contributed by atoms with Crippen molar-refractivity contribution in [1.29, 1.82) is 0 Å². The van der Waals surface area contributed by atoms with Gasteiger partial charge in [-0.15, -0.1) is 35.3 Å². The maximum absolute atomic E-state index is 12.1. The molecule has 0 bridgehead atoms. The number of rotatable bonds is 6. The molecule has 0 unspecified atom stereocenters. The van der Waals surface area contributed by atoms with E-state index in [9.17, 15) is 4.79 Å². The molecule has 1 amide bonds. The maximum atomic E-state index is 12.1. The number of aliphatic imine (C=N–C) groups is 1. The van der Waals surface area contributed by atoms with Crippen LogP contribution in [-0.2, 0) is 6.54 Å². The number of nitrogens with one attached hydrogen (secondary N) is 3. The fourth-order valence-corrected chi connectivity index (χ4v) is 3.26. The summed E-state index contributed by atoms with van der Waals surface area (Å²) in [5.74, 6) is 0.446. The number of halogens is 3. The van der Waals surface area contributed by atoms with Gasteiger partial charge in [0, 0.05) is 30.6 Å². The fourth-order valence-electron chi connectivity index (χ4n) is 2.09. The molecule has 1 aromatic heterocycles. The molecule has 2 rings (SSSR count). The Balaban J connectivity index is 0.00000364. The standard InChI is InChI=1S/C17H21Cl2N5OS.HI/c1-10-11(2)26-15(24-10)9-23-17(20-3)22-7-6-21-16(25)12-4-5-13(18)14(19)8-12;/h4-5,8H,6-7,9H2,1-3H3,(H,21,25)(H2,20,22,23);1H. The Kier molecular flexibility index (Phi) is 10.4. The summed E-state index contributed by atoms with van der Waals surface area (Å²) in [5.41, 5.74) is 1.52. The summed E-state index contributed by atoms with van der Waals surface area (Å²) in [5, 5.41) is 10.9. The summed E-state index contributed by atoms with van der Waals surface area (Å²) in [4.78, 5) is 21.9. The lowest BCUT2D eigenvalue weighted by atomic mass is 10.2. The lowest BCUT2D eigenvalue weighted by Crippen LogP contribution is -2.41. The van der Waals surface area contributed by atoms with Crippen LogP contribution in [0.4, 0.5) is 0 Å². The lowest BCUT2D eigenvalue weighted by molar-refractivity contribution is 0.0954. The maximum Gasteiger partial charge on any atom is 0.251 e. The SMILES string of the molecule is CN=C(NCCNC(=O)c1ccc(Cl)c(Cl)c1)NCc1nc(C)c(C)s1.I. The van der Waals surface area contributed by atoms with Crippen molar-refractivity contribution in [3.05, 3.63) is 49.4 Å². The number of benzene rings is 1. The number of guanidine groups is 1. The van der Waals surface area contributed by atoms with Crippen molar-refractivity contribution in [3.8, 4) is 0 Å². The van der Waals surface area contributed by atoms with Gasteiger partial charge in [-0.25, -0.2) is 4.98 Å². The van der Waals surface area contributed by atoms with E-state index in [0.717, 1.165) is 10.7 Å². The highest BCUT2D eigenvalue weighted by molar-refractivity contribution is 14.0. The minimum Gasteiger partial charge on any atom is -0.355 e. The van der Waals surface area contributed by atoms with Gasteiger partial charge in [0.2, 0.25) is 0 Å². The molecule has 0 saturated heterocycles. The molecule has 3 N–H and O–H groups in total. The zero-order chi connectivity index (χ0) is 19.1. The third-order valence-corrected chi connectivity index (χ3v) is 5.40. The Morgan fingerprint density at radius 3 is 2.44 bits per heavy atom. The van der Waals surface area contributed by atoms with Crippen LogP contribution in [0.15, 0.2) is 23.2 Å². The summed E-state index contributed by atoms with van der Waals surface area (Å²) in [6.45, 7) is 5.63. The highest BCUT2D eigenvalue weighted by atomic mass is 127. The summed E-state index contributed by atoms with van der Waals surface area (Å²) in [6, 6.07) is 4.78. The van der Waals surface area contributed by atoms with E-state index in [-0.39, 0.29) is 29.9 Å². The molecule has 0 spiro atoms. The molecule has 0 fully saturated rings. The van der Waals surface area contributed by atoms with Crippen molar-refractivity contribution < 1.29 is 4.79 Å². The molecule has 1 heterocycles. The van der Waals surface area contributed by atoms with Gasteiger partial charge in [-0.05, 0) is 32.0 Å². The van der Waals surface area contributed by atoms with Crippen LogP contribution in [0, 0.1) is 13.8 Å². The molecule has 148 valence electrons. The van der Waals surface area contributed by atoms with Crippen LogP contribution in [0.3, 0.4) is 0 Å². The van der Waals surface area contributed by atoms with E-state index in [1.807, 2.05) is 6.92 Å². The van der Waals surface area contributed by atoms with Crippen molar-refractivity contribution in [3.63, 3.8) is 0 Å². The van der Waals surface area contributed by atoms with Gasteiger partial charge in [-0.3, -0.25) is 9.79 Å². The number of carbonyl (C=O) groups is 1. The Labute approximate surface area is 190 Å². The highest BCUT2D eigenvalue weighted by Crippen LogP contribution is 2.22. The zero-order valence-electron chi connectivity index (χ0n) is 15.2. The van der Waals surface area contributed by atoms with Gasteiger partial charge in [0.15, 0.2) is 5.96 Å². The van der Waals surface area contributed by atoms with Gasteiger partial charge in [0.05, 0.1) is 22.3 Å². The number of hydrogen-bond donors (Lipinski definition) is 3. The molecule has 27 heavy (non-hydrogen) atoms. The Morgan fingerprint density at radius 1 is 1.15 bits per heavy atom. The molecule has 2 aromatic rings. The molecule has 0 aliphatic heterocycles.